The second-order valence-electron chi connectivity index (χ2n) is 5.72. The number of piperazine rings is 1. The quantitative estimate of drug-likeness (QED) is 0.767. The van der Waals surface area contributed by atoms with Gasteiger partial charge in [-0.1, -0.05) is 0 Å². The molecule has 1 rings (SSSR count). The van der Waals surface area contributed by atoms with Gasteiger partial charge in [-0.3, -0.25) is 14.6 Å². The van der Waals surface area contributed by atoms with Crippen LogP contribution in [0.3, 0.4) is 0 Å². The molecule has 0 bridgehead atoms. The highest BCUT2D eigenvalue weighted by molar-refractivity contribution is 5.69. The second kappa shape index (κ2) is 6.50. The molecule has 1 N–H and O–H groups in total. The highest BCUT2D eigenvalue weighted by atomic mass is 16.5. The molecule has 0 saturated carbocycles. The van der Waals surface area contributed by atoms with Crippen LogP contribution in [0.4, 0.5) is 0 Å². The van der Waals surface area contributed by atoms with Gasteiger partial charge in [0.15, 0.2) is 0 Å². The van der Waals surface area contributed by atoms with E-state index in [-0.39, 0.29) is 12.1 Å². The number of carbonyl (C=O) groups is 1. The van der Waals surface area contributed by atoms with Crippen LogP contribution in [0.1, 0.15) is 27.2 Å². The first-order chi connectivity index (χ1) is 8.34. The van der Waals surface area contributed by atoms with Crippen LogP contribution < -0.4 is 0 Å². The number of carboxylic acids is 1. The zero-order chi connectivity index (χ0) is 13.8. The molecule has 0 radical (unpaired) electrons. The summed E-state index contributed by atoms with van der Waals surface area (Å²) >= 11 is 0. The molecule has 1 aliphatic heterocycles. The van der Waals surface area contributed by atoms with Crippen molar-refractivity contribution in [1.82, 2.24) is 9.80 Å². The van der Waals surface area contributed by atoms with Gasteiger partial charge < -0.3 is 9.84 Å². The van der Waals surface area contributed by atoms with Crippen LogP contribution in [0.5, 0.6) is 0 Å². The standard InChI is InChI=1S/C13H26N2O3/c1-11(9-13(2,3)18-4)15-7-5-14(6-8-15)10-12(16)17/h11H,5-10H2,1-4H3,(H,16,17). The van der Waals surface area contributed by atoms with Gasteiger partial charge in [0.2, 0.25) is 0 Å². The minimum atomic E-state index is -0.739. The van der Waals surface area contributed by atoms with Crippen molar-refractivity contribution in [2.45, 2.75) is 38.8 Å². The summed E-state index contributed by atoms with van der Waals surface area (Å²) in [5, 5.41) is 8.75. The van der Waals surface area contributed by atoms with Crippen LogP contribution in [0.15, 0.2) is 0 Å². The third kappa shape index (κ3) is 4.92. The van der Waals surface area contributed by atoms with Gasteiger partial charge in [0.05, 0.1) is 12.1 Å². The Hall–Kier alpha value is -0.650. The summed E-state index contributed by atoms with van der Waals surface area (Å²) in [6, 6.07) is 0.465. The Balaban J connectivity index is 2.36. The minimum absolute atomic E-state index is 0.0996. The van der Waals surface area contributed by atoms with Crippen LogP contribution in [0, 0.1) is 0 Å². The smallest absolute Gasteiger partial charge is 0.317 e. The molecule has 0 aromatic heterocycles. The summed E-state index contributed by atoms with van der Waals surface area (Å²) in [4.78, 5) is 15.0. The zero-order valence-corrected chi connectivity index (χ0v) is 12.0. The van der Waals surface area contributed by atoms with Gasteiger partial charge >= 0.3 is 5.97 Å². The van der Waals surface area contributed by atoms with Gasteiger partial charge in [-0.05, 0) is 27.2 Å². The van der Waals surface area contributed by atoms with Crippen molar-refractivity contribution in [3.63, 3.8) is 0 Å². The molecule has 5 nitrogen and oxygen atoms in total. The summed E-state index contributed by atoms with van der Waals surface area (Å²) < 4.78 is 5.46. The number of rotatable bonds is 6. The van der Waals surface area contributed by atoms with Crippen molar-refractivity contribution in [2.24, 2.45) is 0 Å². The van der Waals surface area contributed by atoms with Crippen molar-refractivity contribution >= 4 is 5.97 Å². The van der Waals surface area contributed by atoms with E-state index < -0.39 is 5.97 Å². The average molecular weight is 258 g/mol. The average Bonchev–Trinajstić information content (AvgIpc) is 2.28. The fraction of sp³-hybridized carbons (Fsp3) is 0.923. The first-order valence-electron chi connectivity index (χ1n) is 6.57. The van der Waals surface area contributed by atoms with Crippen LogP contribution in [-0.4, -0.2) is 72.4 Å². The highest BCUT2D eigenvalue weighted by Crippen LogP contribution is 2.19. The molecule has 106 valence electrons. The van der Waals surface area contributed by atoms with Gasteiger partial charge in [0, 0.05) is 39.3 Å². The maximum Gasteiger partial charge on any atom is 0.317 e. The maximum absolute atomic E-state index is 10.6. The summed E-state index contributed by atoms with van der Waals surface area (Å²) in [5.74, 6) is -0.739. The lowest BCUT2D eigenvalue weighted by molar-refractivity contribution is -0.138. The number of hydrogen-bond acceptors (Lipinski definition) is 4. The summed E-state index contributed by atoms with van der Waals surface area (Å²) in [7, 11) is 1.75. The third-order valence-electron chi connectivity index (χ3n) is 3.73. The van der Waals surface area contributed by atoms with Crippen molar-refractivity contribution < 1.29 is 14.6 Å². The number of hydrogen-bond donors (Lipinski definition) is 1. The topological polar surface area (TPSA) is 53.0 Å². The summed E-state index contributed by atoms with van der Waals surface area (Å²) in [6.45, 7) is 10.1. The summed E-state index contributed by atoms with van der Waals surface area (Å²) in [6.07, 6.45) is 0.989. The van der Waals surface area contributed by atoms with E-state index in [1.54, 1.807) is 7.11 Å². The molecule has 0 aliphatic carbocycles. The lowest BCUT2D eigenvalue weighted by Crippen LogP contribution is -2.51. The molecule has 0 aromatic rings. The predicted octanol–water partition coefficient (Wildman–Crippen LogP) is 0.892. The van der Waals surface area contributed by atoms with E-state index >= 15 is 0 Å². The van der Waals surface area contributed by atoms with E-state index in [9.17, 15) is 4.79 Å². The van der Waals surface area contributed by atoms with Crippen molar-refractivity contribution in [3.05, 3.63) is 0 Å². The Morgan fingerprint density at radius 1 is 1.33 bits per heavy atom. The number of carboxylic acid groups (broad SMARTS) is 1. The van der Waals surface area contributed by atoms with Crippen molar-refractivity contribution in [3.8, 4) is 0 Å². The number of ether oxygens (including phenoxy) is 1. The minimum Gasteiger partial charge on any atom is -0.480 e. The predicted molar refractivity (Wildman–Crippen MR) is 70.8 cm³/mol. The molecule has 1 unspecified atom stereocenters. The normalized spacial score (nSPS) is 20.9. The Labute approximate surface area is 110 Å². The van der Waals surface area contributed by atoms with Gasteiger partial charge in [-0.15, -0.1) is 0 Å². The Kier molecular flexibility index (Phi) is 5.56. The maximum atomic E-state index is 10.6. The summed E-state index contributed by atoms with van der Waals surface area (Å²) in [5.41, 5.74) is -0.0996. The lowest BCUT2D eigenvalue weighted by atomic mass is 9.98. The third-order valence-corrected chi connectivity index (χ3v) is 3.73. The van der Waals surface area contributed by atoms with Gasteiger partial charge in [-0.2, -0.15) is 0 Å². The zero-order valence-electron chi connectivity index (χ0n) is 12.0. The Bertz CT molecular complexity index is 273. The molecule has 1 saturated heterocycles. The van der Waals surface area contributed by atoms with E-state index in [4.69, 9.17) is 9.84 Å². The Morgan fingerprint density at radius 3 is 2.33 bits per heavy atom. The van der Waals surface area contributed by atoms with Crippen molar-refractivity contribution in [2.75, 3.05) is 39.8 Å². The van der Waals surface area contributed by atoms with E-state index in [0.29, 0.717) is 6.04 Å². The first kappa shape index (κ1) is 15.4. The van der Waals surface area contributed by atoms with Gasteiger partial charge in [0.1, 0.15) is 0 Å². The van der Waals surface area contributed by atoms with Crippen LogP contribution in [-0.2, 0) is 9.53 Å². The van der Waals surface area contributed by atoms with Crippen LogP contribution in [0.2, 0.25) is 0 Å². The van der Waals surface area contributed by atoms with Crippen molar-refractivity contribution in [1.29, 1.82) is 0 Å². The second-order valence-corrected chi connectivity index (χ2v) is 5.72. The lowest BCUT2D eigenvalue weighted by Gasteiger charge is -2.39. The largest absolute Gasteiger partial charge is 0.480 e. The van der Waals surface area contributed by atoms with E-state index in [0.717, 1.165) is 32.6 Å². The molecular weight excluding hydrogens is 232 g/mol. The van der Waals surface area contributed by atoms with E-state index in [1.807, 2.05) is 4.90 Å². The molecular formula is C13H26N2O3. The molecule has 0 spiro atoms. The molecule has 1 heterocycles. The molecule has 1 atom stereocenters. The molecule has 18 heavy (non-hydrogen) atoms. The van der Waals surface area contributed by atoms with Crippen LogP contribution in [0.25, 0.3) is 0 Å². The van der Waals surface area contributed by atoms with E-state index in [2.05, 4.69) is 25.7 Å². The van der Waals surface area contributed by atoms with Gasteiger partial charge in [-0.25, -0.2) is 0 Å². The molecule has 0 amide bonds. The molecule has 0 aromatic carbocycles. The number of aliphatic carboxylic acids is 1. The van der Waals surface area contributed by atoms with Crippen LogP contribution >= 0.6 is 0 Å². The van der Waals surface area contributed by atoms with E-state index in [1.165, 1.54) is 0 Å². The van der Waals surface area contributed by atoms with Gasteiger partial charge in [0.25, 0.3) is 0 Å². The molecule has 1 aliphatic rings. The fourth-order valence-corrected chi connectivity index (χ4v) is 2.48. The fourth-order valence-electron chi connectivity index (χ4n) is 2.48. The highest BCUT2D eigenvalue weighted by Gasteiger charge is 2.27. The monoisotopic (exact) mass is 258 g/mol. The molecule has 5 heteroatoms. The number of methoxy groups -OCH3 is 1. The Morgan fingerprint density at radius 2 is 1.89 bits per heavy atom. The molecule has 1 fully saturated rings. The SMILES string of the molecule is COC(C)(C)CC(C)N1CCN(CC(=O)O)CC1. The number of nitrogens with zero attached hydrogens (tertiary/aromatic N) is 2. The first-order valence-corrected chi connectivity index (χ1v) is 6.57.